The predicted molar refractivity (Wildman–Crippen MR) is 135 cm³/mol. The second-order valence-electron chi connectivity index (χ2n) is 7.84. The number of benzene rings is 2. The van der Waals surface area contributed by atoms with Gasteiger partial charge in [-0.2, -0.15) is 0 Å². The molecule has 0 bridgehead atoms. The zero-order valence-corrected chi connectivity index (χ0v) is 19.0. The highest BCUT2D eigenvalue weighted by molar-refractivity contribution is 6.31. The van der Waals surface area contributed by atoms with Crippen LogP contribution in [0.4, 0.5) is 11.5 Å². The van der Waals surface area contributed by atoms with Gasteiger partial charge in [-0.05, 0) is 35.4 Å². The van der Waals surface area contributed by atoms with Crippen molar-refractivity contribution in [3.05, 3.63) is 84.3 Å². The molecule has 0 fully saturated rings. The number of pyridine rings is 2. The standard InChI is InChI=1S/C26H21ClN6/c1-33(2)19-11-12-20(29-14-19)24-22(16-7-4-3-5-8-16)21(17-9-6-10-18(27)13-17)23-25(28)30-15-31-26(23)32-24/h3-15H,1-2H3,(H2,28,30,31,32). The normalized spacial score (nSPS) is 11.0. The summed E-state index contributed by atoms with van der Waals surface area (Å²) in [7, 11) is 3.97. The summed E-state index contributed by atoms with van der Waals surface area (Å²) in [6.07, 6.45) is 3.27. The molecule has 5 rings (SSSR count). The molecule has 0 aliphatic heterocycles. The van der Waals surface area contributed by atoms with Crippen LogP contribution in [0.3, 0.4) is 0 Å². The third-order valence-corrected chi connectivity index (χ3v) is 5.73. The summed E-state index contributed by atoms with van der Waals surface area (Å²) in [5.41, 5.74) is 13.0. The summed E-state index contributed by atoms with van der Waals surface area (Å²) in [5, 5.41) is 1.31. The van der Waals surface area contributed by atoms with Gasteiger partial charge in [-0.15, -0.1) is 0 Å². The average Bonchev–Trinajstić information content (AvgIpc) is 2.83. The van der Waals surface area contributed by atoms with E-state index in [2.05, 4.69) is 22.1 Å². The molecule has 0 radical (unpaired) electrons. The van der Waals surface area contributed by atoms with Crippen LogP contribution < -0.4 is 10.6 Å². The van der Waals surface area contributed by atoms with E-state index in [-0.39, 0.29) is 0 Å². The molecule has 3 heterocycles. The Bertz CT molecular complexity index is 1450. The first kappa shape index (κ1) is 20.8. The highest BCUT2D eigenvalue weighted by atomic mass is 35.5. The van der Waals surface area contributed by atoms with Crippen molar-refractivity contribution in [1.29, 1.82) is 0 Å². The average molecular weight is 453 g/mol. The fraction of sp³-hybridized carbons (Fsp3) is 0.0769. The maximum Gasteiger partial charge on any atom is 0.165 e. The molecular formula is C26H21ClN6. The Balaban J connectivity index is 1.93. The lowest BCUT2D eigenvalue weighted by atomic mass is 9.90. The van der Waals surface area contributed by atoms with Crippen LogP contribution in [0.1, 0.15) is 0 Å². The van der Waals surface area contributed by atoms with Crippen LogP contribution in [-0.4, -0.2) is 34.0 Å². The summed E-state index contributed by atoms with van der Waals surface area (Å²) in [5.74, 6) is 0.363. The van der Waals surface area contributed by atoms with Crippen molar-refractivity contribution in [2.75, 3.05) is 24.7 Å². The second-order valence-corrected chi connectivity index (χ2v) is 8.28. The van der Waals surface area contributed by atoms with Crippen molar-refractivity contribution in [2.24, 2.45) is 0 Å². The first-order chi connectivity index (χ1) is 16.0. The lowest BCUT2D eigenvalue weighted by Crippen LogP contribution is -2.09. The largest absolute Gasteiger partial charge is 0.383 e. The number of nitrogen functional groups attached to an aromatic ring is 1. The number of rotatable bonds is 4. The van der Waals surface area contributed by atoms with Gasteiger partial charge in [-0.3, -0.25) is 4.98 Å². The molecule has 162 valence electrons. The van der Waals surface area contributed by atoms with Crippen LogP contribution in [0, 0.1) is 0 Å². The lowest BCUT2D eigenvalue weighted by molar-refractivity contribution is 1.11. The quantitative estimate of drug-likeness (QED) is 0.375. The van der Waals surface area contributed by atoms with Crippen LogP contribution >= 0.6 is 11.6 Å². The topological polar surface area (TPSA) is 80.8 Å². The summed E-state index contributed by atoms with van der Waals surface area (Å²) in [6.45, 7) is 0. The molecule has 6 nitrogen and oxygen atoms in total. The first-order valence-electron chi connectivity index (χ1n) is 10.4. The molecular weight excluding hydrogens is 432 g/mol. The van der Waals surface area contributed by atoms with Crippen molar-refractivity contribution < 1.29 is 0 Å². The molecule has 0 spiro atoms. The van der Waals surface area contributed by atoms with Crippen molar-refractivity contribution in [1.82, 2.24) is 19.9 Å². The number of hydrogen-bond donors (Lipinski definition) is 1. The van der Waals surface area contributed by atoms with E-state index in [1.54, 1.807) is 0 Å². The number of aromatic nitrogens is 4. The van der Waals surface area contributed by atoms with Gasteiger partial charge >= 0.3 is 0 Å². The second kappa shape index (κ2) is 8.48. The minimum atomic E-state index is 0.363. The lowest BCUT2D eigenvalue weighted by Gasteiger charge is -2.19. The third-order valence-electron chi connectivity index (χ3n) is 5.49. The summed E-state index contributed by atoms with van der Waals surface area (Å²) in [6, 6.07) is 21.8. The monoisotopic (exact) mass is 452 g/mol. The summed E-state index contributed by atoms with van der Waals surface area (Å²) >= 11 is 6.39. The molecule has 0 saturated heterocycles. The molecule has 7 heteroatoms. The van der Waals surface area contributed by atoms with Gasteiger partial charge in [0.1, 0.15) is 12.1 Å². The van der Waals surface area contributed by atoms with Gasteiger partial charge in [0.2, 0.25) is 0 Å². The molecule has 0 aliphatic carbocycles. The van der Waals surface area contributed by atoms with Crippen LogP contribution in [0.2, 0.25) is 5.02 Å². The number of nitrogens with two attached hydrogens (primary N) is 1. The number of hydrogen-bond acceptors (Lipinski definition) is 6. The summed E-state index contributed by atoms with van der Waals surface area (Å²) in [4.78, 5) is 20.4. The van der Waals surface area contributed by atoms with Crippen molar-refractivity contribution in [2.45, 2.75) is 0 Å². The zero-order chi connectivity index (χ0) is 22.9. The summed E-state index contributed by atoms with van der Waals surface area (Å²) < 4.78 is 0. The first-order valence-corrected chi connectivity index (χ1v) is 10.8. The van der Waals surface area contributed by atoms with E-state index in [0.717, 1.165) is 33.6 Å². The zero-order valence-electron chi connectivity index (χ0n) is 18.2. The van der Waals surface area contributed by atoms with E-state index in [0.29, 0.717) is 27.6 Å². The van der Waals surface area contributed by atoms with Gasteiger partial charge in [0.15, 0.2) is 5.65 Å². The van der Waals surface area contributed by atoms with E-state index in [9.17, 15) is 0 Å². The molecule has 0 atom stereocenters. The van der Waals surface area contributed by atoms with Crippen molar-refractivity contribution in [3.8, 4) is 33.6 Å². The Kier molecular flexibility index (Phi) is 5.36. The molecule has 0 saturated carbocycles. The number of fused-ring (bicyclic) bond motifs is 1. The highest BCUT2D eigenvalue weighted by Gasteiger charge is 2.22. The van der Waals surface area contributed by atoms with Gasteiger partial charge < -0.3 is 10.6 Å². The maximum atomic E-state index is 6.39. The molecule has 0 aliphatic rings. The molecule has 3 aromatic heterocycles. The van der Waals surface area contributed by atoms with E-state index in [4.69, 9.17) is 27.3 Å². The number of halogens is 1. The maximum absolute atomic E-state index is 6.39. The molecule has 2 N–H and O–H groups in total. The SMILES string of the molecule is CN(C)c1ccc(-c2nc3ncnc(N)c3c(-c3cccc(Cl)c3)c2-c2ccccc2)nc1. The fourth-order valence-corrected chi connectivity index (χ4v) is 4.10. The van der Waals surface area contributed by atoms with Gasteiger partial charge in [-0.25, -0.2) is 15.0 Å². The molecule has 2 aromatic carbocycles. The van der Waals surface area contributed by atoms with Crippen LogP contribution in [0.15, 0.2) is 79.3 Å². The Hall–Kier alpha value is -4.03. The molecule has 33 heavy (non-hydrogen) atoms. The van der Waals surface area contributed by atoms with E-state index >= 15 is 0 Å². The number of nitrogens with zero attached hydrogens (tertiary/aromatic N) is 5. The number of anilines is 2. The van der Waals surface area contributed by atoms with Gasteiger partial charge in [0.25, 0.3) is 0 Å². The fourth-order valence-electron chi connectivity index (χ4n) is 3.91. The molecule has 0 amide bonds. The van der Waals surface area contributed by atoms with Crippen LogP contribution in [0.25, 0.3) is 44.7 Å². The Morgan fingerprint density at radius 3 is 2.30 bits per heavy atom. The molecule has 5 aromatic rings. The van der Waals surface area contributed by atoms with Crippen LogP contribution in [0.5, 0.6) is 0 Å². The highest BCUT2D eigenvalue weighted by Crippen LogP contribution is 2.44. The Morgan fingerprint density at radius 2 is 1.61 bits per heavy atom. The Labute approximate surface area is 196 Å². The molecule has 0 unspecified atom stereocenters. The van der Waals surface area contributed by atoms with E-state index in [1.165, 1.54) is 6.33 Å². The van der Waals surface area contributed by atoms with Gasteiger partial charge in [0.05, 0.1) is 28.7 Å². The van der Waals surface area contributed by atoms with Gasteiger partial charge in [0, 0.05) is 30.2 Å². The van der Waals surface area contributed by atoms with Crippen LogP contribution in [-0.2, 0) is 0 Å². The predicted octanol–water partition coefficient (Wildman–Crippen LogP) is 5.72. The minimum absolute atomic E-state index is 0.363. The van der Waals surface area contributed by atoms with Crippen molar-refractivity contribution >= 4 is 34.1 Å². The van der Waals surface area contributed by atoms with Crippen molar-refractivity contribution in [3.63, 3.8) is 0 Å². The smallest absolute Gasteiger partial charge is 0.165 e. The van der Waals surface area contributed by atoms with Gasteiger partial charge in [-0.1, -0.05) is 54.1 Å². The minimum Gasteiger partial charge on any atom is -0.383 e. The van der Waals surface area contributed by atoms with E-state index in [1.807, 2.05) is 79.8 Å². The Morgan fingerprint density at radius 1 is 0.818 bits per heavy atom. The van der Waals surface area contributed by atoms with E-state index < -0.39 is 0 Å². The third kappa shape index (κ3) is 3.85.